The molecular weight excluding hydrogens is 294 g/mol. The number of hydrogen-bond donors (Lipinski definition) is 0. The van der Waals surface area contributed by atoms with Gasteiger partial charge in [-0.25, -0.2) is 0 Å². The molecule has 0 fully saturated rings. The monoisotopic (exact) mass is 340 g/mol. The summed E-state index contributed by atoms with van der Waals surface area (Å²) in [6.45, 7) is 4.54. The van der Waals surface area contributed by atoms with Crippen LogP contribution in [-0.2, 0) is 0 Å². The van der Waals surface area contributed by atoms with Crippen molar-refractivity contribution in [2.75, 3.05) is 7.05 Å². The fraction of sp³-hybridized carbons (Fsp3) is 1.00. The van der Waals surface area contributed by atoms with Crippen LogP contribution in [0.2, 0.25) is 0 Å². The van der Waals surface area contributed by atoms with Gasteiger partial charge >= 0.3 is 0 Å². The predicted octanol–water partition coefficient (Wildman–Crippen LogP) is 7.85. The zero-order chi connectivity index (χ0) is 17.9. The smallest absolute Gasteiger partial charge is 0.00282 e. The normalized spacial score (nSPS) is 12.9. The predicted molar refractivity (Wildman–Crippen MR) is 109 cm³/mol. The lowest BCUT2D eigenvalue weighted by molar-refractivity contribution is 0.280. The lowest BCUT2D eigenvalue weighted by atomic mass is 9.99. The van der Waals surface area contributed by atoms with Crippen LogP contribution in [0.25, 0.3) is 0 Å². The van der Waals surface area contributed by atoms with Gasteiger partial charge in [0, 0.05) is 0 Å². The Morgan fingerprint density at radius 1 is 0.542 bits per heavy atom. The van der Waals surface area contributed by atoms with Crippen LogP contribution in [0.15, 0.2) is 0 Å². The highest BCUT2D eigenvalue weighted by atomic mass is 16.5. The lowest BCUT2D eigenvalue weighted by Crippen LogP contribution is -2.26. The zero-order valence-corrected chi connectivity index (χ0v) is 17.2. The summed E-state index contributed by atoms with van der Waals surface area (Å²) in [5, 5.41) is 13.0. The van der Waals surface area contributed by atoms with E-state index in [9.17, 15) is 5.21 Å². The van der Waals surface area contributed by atoms with Crippen LogP contribution in [-0.4, -0.2) is 18.2 Å². The van der Waals surface area contributed by atoms with E-state index in [0.717, 1.165) is 12.8 Å². The highest BCUT2D eigenvalue weighted by Crippen LogP contribution is 2.17. The Morgan fingerprint density at radius 2 is 0.833 bits per heavy atom. The molecule has 0 aliphatic heterocycles. The van der Waals surface area contributed by atoms with E-state index in [2.05, 4.69) is 13.8 Å². The topological polar surface area (TPSA) is 26.3 Å². The van der Waals surface area contributed by atoms with Gasteiger partial charge in [-0.15, -0.1) is 0 Å². The van der Waals surface area contributed by atoms with Gasteiger partial charge in [0.25, 0.3) is 0 Å². The van der Waals surface area contributed by atoms with E-state index in [0.29, 0.717) is 0 Å². The Kier molecular flexibility index (Phi) is 19.2. The Labute approximate surface area is 153 Å². The summed E-state index contributed by atoms with van der Waals surface area (Å²) in [7, 11) is 1.72. The minimum Gasteiger partial charge on any atom is -0.785 e. The first-order valence-electron chi connectivity index (χ1n) is 11.1. The molecule has 1 atom stereocenters. The number of hydrogen-bond acceptors (Lipinski definition) is 2. The van der Waals surface area contributed by atoms with Crippen molar-refractivity contribution >= 4 is 0 Å². The Hall–Kier alpha value is -0.0800. The molecule has 2 nitrogen and oxygen atoms in total. The van der Waals surface area contributed by atoms with Gasteiger partial charge < -0.3 is 10.3 Å². The molecular formula is C22H46NO-. The first-order chi connectivity index (χ1) is 11.7. The van der Waals surface area contributed by atoms with Crippen LogP contribution in [0, 0.1) is 5.21 Å². The van der Waals surface area contributed by atoms with Crippen LogP contribution in [0.5, 0.6) is 0 Å². The Balaban J connectivity index is 3.46. The lowest BCUT2D eigenvalue weighted by Gasteiger charge is -2.33. The Morgan fingerprint density at radius 3 is 1.12 bits per heavy atom. The number of unbranched alkanes of at least 4 members (excludes halogenated alkanes) is 14. The van der Waals surface area contributed by atoms with Crippen molar-refractivity contribution in [3.63, 3.8) is 0 Å². The van der Waals surface area contributed by atoms with Crippen molar-refractivity contribution in [3.05, 3.63) is 5.21 Å². The van der Waals surface area contributed by atoms with Gasteiger partial charge in [0.1, 0.15) is 0 Å². The number of nitrogens with zero attached hydrogens (tertiary/aromatic N) is 1. The minimum atomic E-state index is 0.269. The second kappa shape index (κ2) is 19.2. The van der Waals surface area contributed by atoms with Gasteiger partial charge in [0.2, 0.25) is 0 Å². The zero-order valence-electron chi connectivity index (χ0n) is 17.2. The average molecular weight is 341 g/mol. The third-order valence-electron chi connectivity index (χ3n) is 5.30. The molecule has 0 saturated carbocycles. The maximum Gasteiger partial charge on any atom is -0.00282 e. The molecule has 1 unspecified atom stereocenters. The molecule has 0 bridgehead atoms. The first kappa shape index (κ1) is 23.9. The summed E-state index contributed by atoms with van der Waals surface area (Å²) in [6, 6.07) is 0.269. The molecule has 0 amide bonds. The molecule has 0 spiro atoms. The summed E-state index contributed by atoms with van der Waals surface area (Å²) < 4.78 is 0. The maximum atomic E-state index is 11.7. The van der Waals surface area contributed by atoms with Crippen molar-refractivity contribution in [1.82, 2.24) is 5.06 Å². The van der Waals surface area contributed by atoms with Crippen LogP contribution < -0.4 is 0 Å². The Bertz CT molecular complexity index is 230. The van der Waals surface area contributed by atoms with Crippen molar-refractivity contribution in [3.8, 4) is 0 Å². The van der Waals surface area contributed by atoms with Crippen molar-refractivity contribution in [1.29, 1.82) is 0 Å². The molecule has 0 heterocycles. The van der Waals surface area contributed by atoms with E-state index in [1.807, 2.05) is 0 Å². The number of rotatable bonds is 19. The average Bonchev–Trinajstić information content (AvgIpc) is 2.57. The van der Waals surface area contributed by atoms with E-state index in [4.69, 9.17) is 0 Å². The number of hydroxylamine groups is 2. The van der Waals surface area contributed by atoms with E-state index in [-0.39, 0.29) is 6.04 Å². The second-order valence-corrected chi connectivity index (χ2v) is 7.73. The fourth-order valence-electron chi connectivity index (χ4n) is 3.54. The van der Waals surface area contributed by atoms with Crippen molar-refractivity contribution in [2.45, 2.75) is 135 Å². The maximum absolute atomic E-state index is 11.7. The van der Waals surface area contributed by atoms with Gasteiger partial charge in [0.05, 0.1) is 0 Å². The largest absolute Gasteiger partial charge is 0.785 e. The minimum absolute atomic E-state index is 0.269. The highest BCUT2D eigenvalue weighted by molar-refractivity contribution is 4.69. The van der Waals surface area contributed by atoms with E-state index in [1.165, 1.54) is 108 Å². The molecule has 0 N–H and O–H groups in total. The summed E-state index contributed by atoms with van der Waals surface area (Å²) in [5.74, 6) is 0. The van der Waals surface area contributed by atoms with E-state index in [1.54, 1.807) is 7.05 Å². The molecule has 0 aromatic rings. The molecule has 24 heavy (non-hydrogen) atoms. The molecule has 2 heteroatoms. The van der Waals surface area contributed by atoms with Gasteiger partial charge in [-0.1, -0.05) is 117 Å². The fourth-order valence-corrected chi connectivity index (χ4v) is 3.54. The van der Waals surface area contributed by atoms with Crippen LogP contribution in [0.4, 0.5) is 0 Å². The molecule has 0 aromatic carbocycles. The molecule has 0 rings (SSSR count). The summed E-state index contributed by atoms with van der Waals surface area (Å²) in [5.41, 5.74) is 0. The molecule has 0 aliphatic rings. The van der Waals surface area contributed by atoms with Crippen LogP contribution in [0.1, 0.15) is 129 Å². The van der Waals surface area contributed by atoms with Gasteiger partial charge in [-0.2, -0.15) is 0 Å². The molecule has 146 valence electrons. The third kappa shape index (κ3) is 16.8. The third-order valence-corrected chi connectivity index (χ3v) is 5.30. The summed E-state index contributed by atoms with van der Waals surface area (Å²) >= 11 is 0. The van der Waals surface area contributed by atoms with Crippen LogP contribution >= 0.6 is 0 Å². The molecule has 0 aromatic heterocycles. The SMILES string of the molecule is CCCCCCCCCCCC(CCCCCCCCC)N(C)[O-]. The molecule has 0 saturated heterocycles. The van der Waals surface area contributed by atoms with Gasteiger partial charge in [-0.05, 0) is 25.9 Å². The molecule has 0 radical (unpaired) electrons. The summed E-state index contributed by atoms with van der Waals surface area (Å²) in [4.78, 5) is 0. The molecule has 0 aliphatic carbocycles. The first-order valence-corrected chi connectivity index (χ1v) is 11.1. The second-order valence-electron chi connectivity index (χ2n) is 7.73. The quantitative estimate of drug-likeness (QED) is 0.177. The van der Waals surface area contributed by atoms with E-state index < -0.39 is 0 Å². The van der Waals surface area contributed by atoms with Gasteiger partial charge in [0.15, 0.2) is 0 Å². The van der Waals surface area contributed by atoms with Crippen LogP contribution in [0.3, 0.4) is 0 Å². The standard InChI is InChI=1S/C22H46NO/c1-4-6-8-10-12-13-15-17-19-21-22(23(3)24)20-18-16-14-11-9-7-5-2/h22H,4-21H2,1-3H3/q-1. The summed E-state index contributed by atoms with van der Waals surface area (Å²) in [6.07, 6.45) is 23.8. The van der Waals surface area contributed by atoms with Crippen molar-refractivity contribution in [2.24, 2.45) is 0 Å². The highest BCUT2D eigenvalue weighted by Gasteiger charge is 2.07. The van der Waals surface area contributed by atoms with E-state index >= 15 is 0 Å². The van der Waals surface area contributed by atoms with Crippen molar-refractivity contribution < 1.29 is 0 Å². The van der Waals surface area contributed by atoms with Gasteiger partial charge in [-0.3, -0.25) is 0 Å².